The Morgan fingerprint density at radius 1 is 1.00 bits per heavy atom. The fourth-order valence-electron chi connectivity index (χ4n) is 3.67. The highest BCUT2D eigenvalue weighted by molar-refractivity contribution is 9.10. The summed E-state index contributed by atoms with van der Waals surface area (Å²) in [5.41, 5.74) is 2.48. The molecule has 34 heavy (non-hydrogen) atoms. The average Bonchev–Trinajstić information content (AvgIpc) is 2.84. The van der Waals surface area contributed by atoms with Gasteiger partial charge in [0, 0.05) is 49.3 Å². The molecule has 0 radical (unpaired) electrons. The number of amides is 2. The van der Waals surface area contributed by atoms with Gasteiger partial charge in [0.05, 0.1) is 5.56 Å². The molecule has 2 heterocycles. The summed E-state index contributed by atoms with van der Waals surface area (Å²) in [6.45, 7) is 2.37. The molecular formula is C26H26BrN3O4. The molecule has 1 aromatic heterocycles. The first kappa shape index (κ1) is 23.8. The van der Waals surface area contributed by atoms with Crippen molar-refractivity contribution in [2.45, 2.75) is 13.2 Å². The first-order chi connectivity index (χ1) is 16.5. The number of ether oxygens (including phenoxy) is 2. The number of hydrogen-bond acceptors (Lipinski definition) is 5. The van der Waals surface area contributed by atoms with E-state index in [4.69, 9.17) is 9.47 Å². The van der Waals surface area contributed by atoms with Gasteiger partial charge in [0.1, 0.15) is 13.2 Å². The Kier molecular flexibility index (Phi) is 7.80. The predicted molar refractivity (Wildman–Crippen MR) is 131 cm³/mol. The van der Waals surface area contributed by atoms with Crippen LogP contribution >= 0.6 is 15.9 Å². The predicted octanol–water partition coefficient (Wildman–Crippen LogP) is 4.76. The van der Waals surface area contributed by atoms with Crippen molar-refractivity contribution in [1.82, 2.24) is 14.8 Å². The molecule has 0 N–H and O–H groups in total. The van der Waals surface area contributed by atoms with Crippen molar-refractivity contribution in [2.75, 3.05) is 26.7 Å². The number of carbonyl (C=O) groups excluding carboxylic acids is 2. The van der Waals surface area contributed by atoms with Gasteiger partial charge in [-0.15, -0.1) is 0 Å². The molecule has 0 bridgehead atoms. The molecule has 0 aliphatic carbocycles. The van der Waals surface area contributed by atoms with E-state index in [2.05, 4.69) is 20.9 Å². The maximum Gasteiger partial charge on any atom is 0.410 e. The van der Waals surface area contributed by atoms with Gasteiger partial charge < -0.3 is 19.3 Å². The first-order valence-corrected chi connectivity index (χ1v) is 11.8. The van der Waals surface area contributed by atoms with E-state index in [9.17, 15) is 9.59 Å². The molecule has 0 unspecified atom stereocenters. The highest BCUT2D eigenvalue weighted by Gasteiger charge is 2.33. The molecule has 1 aliphatic rings. The zero-order chi connectivity index (χ0) is 23.9. The number of likely N-dealkylation sites (tertiary alicyclic amines) is 1. The summed E-state index contributed by atoms with van der Waals surface area (Å²) in [6.07, 6.45) is 1.21. The van der Waals surface area contributed by atoms with E-state index in [1.165, 1.54) is 6.20 Å². The van der Waals surface area contributed by atoms with Crippen LogP contribution in [0.2, 0.25) is 0 Å². The van der Waals surface area contributed by atoms with Crippen molar-refractivity contribution in [3.8, 4) is 5.88 Å². The molecule has 1 saturated heterocycles. The lowest BCUT2D eigenvalue weighted by molar-refractivity contribution is 0.0377. The molecule has 176 valence electrons. The van der Waals surface area contributed by atoms with Crippen molar-refractivity contribution in [2.24, 2.45) is 5.92 Å². The Bertz CT molecular complexity index is 1100. The Balaban J connectivity index is 1.18. The number of rotatable bonds is 8. The summed E-state index contributed by atoms with van der Waals surface area (Å²) in [5, 5.41) is 0. The Hall–Kier alpha value is -3.39. The zero-order valence-electron chi connectivity index (χ0n) is 18.9. The van der Waals surface area contributed by atoms with Crippen molar-refractivity contribution in [3.05, 3.63) is 94.1 Å². The van der Waals surface area contributed by atoms with Crippen LogP contribution in [-0.2, 0) is 18.0 Å². The van der Waals surface area contributed by atoms with Gasteiger partial charge in [-0.2, -0.15) is 0 Å². The number of aromatic nitrogens is 1. The number of carbonyl (C=O) groups is 2. The van der Waals surface area contributed by atoms with E-state index in [0.29, 0.717) is 37.7 Å². The lowest BCUT2D eigenvalue weighted by Gasteiger charge is -2.40. The van der Waals surface area contributed by atoms with Crippen molar-refractivity contribution in [3.63, 3.8) is 0 Å². The Morgan fingerprint density at radius 2 is 1.71 bits per heavy atom. The van der Waals surface area contributed by atoms with Crippen LogP contribution in [0.15, 0.2) is 77.4 Å². The maximum absolute atomic E-state index is 12.8. The number of nitrogens with zero attached hydrogens (tertiary/aromatic N) is 3. The minimum Gasteiger partial charge on any atom is -0.473 e. The highest BCUT2D eigenvalue weighted by Crippen LogP contribution is 2.20. The highest BCUT2D eigenvalue weighted by atomic mass is 79.9. The Labute approximate surface area is 207 Å². The molecule has 0 atom stereocenters. The molecule has 1 aliphatic heterocycles. The molecule has 3 aromatic rings. The summed E-state index contributed by atoms with van der Waals surface area (Å²) in [7, 11) is 1.76. The fraction of sp³-hybridized carbons (Fsp3) is 0.269. The van der Waals surface area contributed by atoms with Crippen LogP contribution in [0.25, 0.3) is 0 Å². The van der Waals surface area contributed by atoms with Crippen LogP contribution in [0.1, 0.15) is 21.5 Å². The summed E-state index contributed by atoms with van der Waals surface area (Å²) < 4.78 is 12.1. The van der Waals surface area contributed by atoms with Gasteiger partial charge in [0.15, 0.2) is 0 Å². The van der Waals surface area contributed by atoms with Gasteiger partial charge in [-0.25, -0.2) is 9.78 Å². The van der Waals surface area contributed by atoms with E-state index in [0.717, 1.165) is 15.6 Å². The van der Waals surface area contributed by atoms with Gasteiger partial charge in [0.25, 0.3) is 5.91 Å². The maximum atomic E-state index is 12.8. The van der Waals surface area contributed by atoms with Crippen LogP contribution < -0.4 is 4.74 Å². The van der Waals surface area contributed by atoms with E-state index in [1.54, 1.807) is 29.0 Å². The lowest BCUT2D eigenvalue weighted by atomic mass is 10.00. The van der Waals surface area contributed by atoms with Crippen molar-refractivity contribution in [1.29, 1.82) is 0 Å². The van der Waals surface area contributed by atoms with Gasteiger partial charge in [0.2, 0.25) is 5.88 Å². The molecule has 1 fully saturated rings. The third kappa shape index (κ3) is 6.35. The molecule has 2 amide bonds. The Morgan fingerprint density at radius 3 is 2.38 bits per heavy atom. The molecule has 0 saturated carbocycles. The van der Waals surface area contributed by atoms with E-state index in [-0.39, 0.29) is 24.5 Å². The summed E-state index contributed by atoms with van der Waals surface area (Å²) in [6, 6.07) is 20.9. The number of halogens is 1. The second-order valence-electron chi connectivity index (χ2n) is 8.30. The molecular weight excluding hydrogens is 498 g/mol. The number of benzene rings is 2. The van der Waals surface area contributed by atoms with Crippen LogP contribution in [-0.4, -0.2) is 53.5 Å². The third-order valence-corrected chi connectivity index (χ3v) is 6.11. The smallest absolute Gasteiger partial charge is 0.410 e. The lowest BCUT2D eigenvalue weighted by Crippen LogP contribution is -2.54. The van der Waals surface area contributed by atoms with E-state index in [1.807, 2.05) is 54.6 Å². The zero-order valence-corrected chi connectivity index (χ0v) is 20.5. The number of hydrogen-bond donors (Lipinski definition) is 0. The minimum atomic E-state index is -0.322. The molecule has 4 rings (SSSR count). The van der Waals surface area contributed by atoms with Gasteiger partial charge in [-0.3, -0.25) is 4.79 Å². The second kappa shape index (κ2) is 11.2. The van der Waals surface area contributed by atoms with Crippen molar-refractivity contribution >= 4 is 27.9 Å². The largest absolute Gasteiger partial charge is 0.473 e. The van der Waals surface area contributed by atoms with Gasteiger partial charge in [-0.05, 0) is 29.3 Å². The standard InChI is InChI=1S/C26H26BrN3O4/c1-29(14-21-15-30(16-21)26(32)34-18-19-5-3-2-4-6-19)25(31)22-9-12-24(28-13-22)33-17-20-7-10-23(27)11-8-20/h2-13,21H,14-18H2,1H3. The summed E-state index contributed by atoms with van der Waals surface area (Å²) >= 11 is 3.41. The summed E-state index contributed by atoms with van der Waals surface area (Å²) in [4.78, 5) is 32.5. The average molecular weight is 524 g/mol. The van der Waals surface area contributed by atoms with Crippen LogP contribution in [0.4, 0.5) is 4.79 Å². The fourth-order valence-corrected chi connectivity index (χ4v) is 3.93. The first-order valence-electron chi connectivity index (χ1n) is 11.0. The topological polar surface area (TPSA) is 72.0 Å². The minimum absolute atomic E-state index is 0.114. The summed E-state index contributed by atoms with van der Waals surface area (Å²) in [5.74, 6) is 0.572. The number of pyridine rings is 1. The van der Waals surface area contributed by atoms with E-state index < -0.39 is 0 Å². The quantitative estimate of drug-likeness (QED) is 0.425. The monoisotopic (exact) mass is 523 g/mol. The molecule has 0 spiro atoms. The SMILES string of the molecule is CN(CC1CN(C(=O)OCc2ccccc2)C1)C(=O)c1ccc(OCc2ccc(Br)cc2)nc1. The van der Waals surface area contributed by atoms with Gasteiger partial charge >= 0.3 is 6.09 Å². The van der Waals surface area contributed by atoms with Crippen molar-refractivity contribution < 1.29 is 19.1 Å². The van der Waals surface area contributed by atoms with Crippen LogP contribution in [0, 0.1) is 5.92 Å². The molecule has 7 nitrogen and oxygen atoms in total. The second-order valence-corrected chi connectivity index (χ2v) is 9.21. The third-order valence-electron chi connectivity index (χ3n) is 5.58. The molecule has 2 aromatic carbocycles. The van der Waals surface area contributed by atoms with Crippen LogP contribution in [0.5, 0.6) is 5.88 Å². The normalized spacial score (nSPS) is 13.2. The van der Waals surface area contributed by atoms with Crippen LogP contribution in [0.3, 0.4) is 0 Å². The van der Waals surface area contributed by atoms with Gasteiger partial charge in [-0.1, -0.05) is 58.4 Å². The van der Waals surface area contributed by atoms with E-state index >= 15 is 0 Å². The molecule has 8 heteroatoms.